The van der Waals surface area contributed by atoms with E-state index in [-0.39, 0.29) is 30.3 Å². The van der Waals surface area contributed by atoms with Crippen LogP contribution in [0.15, 0.2) is 30.3 Å². The fourth-order valence-corrected chi connectivity index (χ4v) is 3.01. The second kappa shape index (κ2) is 9.06. The van der Waals surface area contributed by atoms with Gasteiger partial charge in [-0.1, -0.05) is 37.3 Å². The lowest BCUT2D eigenvalue weighted by molar-refractivity contribution is -0.123. The summed E-state index contributed by atoms with van der Waals surface area (Å²) in [4.78, 5) is 12.5. The first-order valence-corrected chi connectivity index (χ1v) is 7.78. The van der Waals surface area contributed by atoms with Gasteiger partial charge in [-0.05, 0) is 50.8 Å². The molecule has 0 radical (unpaired) electrons. The van der Waals surface area contributed by atoms with Crippen molar-refractivity contribution < 1.29 is 4.79 Å². The highest BCUT2D eigenvalue weighted by Gasteiger charge is 2.25. The van der Waals surface area contributed by atoms with E-state index < -0.39 is 0 Å². The number of rotatable bonds is 5. The molecule has 0 spiro atoms. The summed E-state index contributed by atoms with van der Waals surface area (Å²) in [5.74, 6) is 0.688. The molecular weight excluding hydrogens is 284 g/mol. The first-order valence-electron chi connectivity index (χ1n) is 7.78. The molecule has 1 heterocycles. The van der Waals surface area contributed by atoms with E-state index in [1.54, 1.807) is 0 Å². The van der Waals surface area contributed by atoms with Gasteiger partial charge in [0.15, 0.2) is 0 Å². The third kappa shape index (κ3) is 5.01. The Morgan fingerprint density at radius 1 is 1.38 bits per heavy atom. The van der Waals surface area contributed by atoms with Crippen LogP contribution >= 0.6 is 12.4 Å². The topological polar surface area (TPSA) is 41.1 Å². The van der Waals surface area contributed by atoms with E-state index >= 15 is 0 Å². The first-order chi connectivity index (χ1) is 9.72. The Kier molecular flexibility index (Phi) is 7.76. The van der Waals surface area contributed by atoms with Crippen LogP contribution in [-0.2, 0) is 4.79 Å². The molecule has 1 aromatic carbocycles. The quantitative estimate of drug-likeness (QED) is 0.877. The van der Waals surface area contributed by atoms with Gasteiger partial charge in [-0.2, -0.15) is 0 Å². The fourth-order valence-electron chi connectivity index (χ4n) is 3.01. The molecule has 0 saturated carbocycles. The van der Waals surface area contributed by atoms with Crippen LogP contribution in [0.2, 0.25) is 0 Å². The van der Waals surface area contributed by atoms with Gasteiger partial charge in [0.25, 0.3) is 0 Å². The Hall–Kier alpha value is -1.06. The predicted octanol–water partition coefficient (Wildman–Crippen LogP) is 3.11. The van der Waals surface area contributed by atoms with Gasteiger partial charge in [0.1, 0.15) is 0 Å². The third-order valence-electron chi connectivity index (χ3n) is 4.34. The minimum Gasteiger partial charge on any atom is -0.353 e. The van der Waals surface area contributed by atoms with Crippen LogP contribution in [0.3, 0.4) is 0 Å². The number of carbonyl (C=O) groups is 1. The van der Waals surface area contributed by atoms with Gasteiger partial charge in [-0.15, -0.1) is 12.4 Å². The van der Waals surface area contributed by atoms with Crippen LogP contribution in [-0.4, -0.2) is 25.0 Å². The van der Waals surface area contributed by atoms with Crippen molar-refractivity contribution in [1.82, 2.24) is 10.6 Å². The number of hydrogen-bond donors (Lipinski definition) is 2. The van der Waals surface area contributed by atoms with Crippen LogP contribution in [0.4, 0.5) is 0 Å². The molecule has 1 aliphatic heterocycles. The largest absolute Gasteiger partial charge is 0.353 e. The van der Waals surface area contributed by atoms with Gasteiger partial charge in [0.05, 0.1) is 5.92 Å². The number of piperidine rings is 1. The van der Waals surface area contributed by atoms with Crippen LogP contribution in [0.1, 0.15) is 44.6 Å². The zero-order chi connectivity index (χ0) is 14.4. The maximum absolute atomic E-state index is 12.5. The molecule has 0 aliphatic carbocycles. The van der Waals surface area contributed by atoms with E-state index in [9.17, 15) is 4.79 Å². The van der Waals surface area contributed by atoms with Gasteiger partial charge in [-0.25, -0.2) is 0 Å². The molecule has 2 N–H and O–H groups in total. The molecule has 4 heteroatoms. The van der Waals surface area contributed by atoms with E-state index in [1.807, 2.05) is 30.3 Å². The van der Waals surface area contributed by atoms with Crippen LogP contribution in [0, 0.1) is 5.92 Å². The van der Waals surface area contributed by atoms with Crippen molar-refractivity contribution in [2.75, 3.05) is 13.1 Å². The SMILES string of the molecule is CCC(C(=O)NC(C)C1CCCNC1)c1ccccc1.Cl. The minimum atomic E-state index is -0.0322. The van der Waals surface area contributed by atoms with Crippen molar-refractivity contribution in [2.24, 2.45) is 5.92 Å². The summed E-state index contributed by atoms with van der Waals surface area (Å²) in [6, 6.07) is 10.3. The highest BCUT2D eigenvalue weighted by atomic mass is 35.5. The summed E-state index contributed by atoms with van der Waals surface area (Å²) in [6.45, 7) is 6.33. The lowest BCUT2D eigenvalue weighted by Gasteiger charge is -2.30. The zero-order valence-corrected chi connectivity index (χ0v) is 13.8. The summed E-state index contributed by atoms with van der Waals surface area (Å²) in [6.07, 6.45) is 3.25. The second-order valence-corrected chi connectivity index (χ2v) is 5.78. The van der Waals surface area contributed by atoms with Gasteiger partial charge in [-0.3, -0.25) is 4.79 Å². The predicted molar refractivity (Wildman–Crippen MR) is 89.9 cm³/mol. The maximum atomic E-state index is 12.5. The summed E-state index contributed by atoms with van der Waals surface area (Å²) < 4.78 is 0. The number of hydrogen-bond acceptors (Lipinski definition) is 2. The minimum absolute atomic E-state index is 0. The number of halogens is 1. The second-order valence-electron chi connectivity index (χ2n) is 5.78. The molecule has 0 bridgehead atoms. The molecule has 2 rings (SSSR count). The average molecular weight is 311 g/mol. The monoisotopic (exact) mass is 310 g/mol. The normalized spacial score (nSPS) is 21.0. The summed E-state index contributed by atoms with van der Waals surface area (Å²) >= 11 is 0. The number of benzene rings is 1. The Balaban J connectivity index is 0.00000220. The molecule has 1 amide bonds. The Morgan fingerprint density at radius 2 is 2.10 bits per heavy atom. The Bertz CT molecular complexity index is 418. The summed E-state index contributed by atoms with van der Waals surface area (Å²) in [5, 5.41) is 6.63. The van der Waals surface area contributed by atoms with E-state index in [2.05, 4.69) is 24.5 Å². The van der Waals surface area contributed by atoms with Crippen molar-refractivity contribution in [2.45, 2.75) is 45.1 Å². The molecule has 3 nitrogen and oxygen atoms in total. The van der Waals surface area contributed by atoms with Crippen LogP contribution in [0.5, 0.6) is 0 Å². The molecule has 1 fully saturated rings. The molecule has 3 unspecified atom stereocenters. The van der Waals surface area contributed by atoms with E-state index in [0.717, 1.165) is 25.1 Å². The average Bonchev–Trinajstić information content (AvgIpc) is 2.50. The Morgan fingerprint density at radius 3 is 2.67 bits per heavy atom. The summed E-state index contributed by atoms with van der Waals surface area (Å²) in [7, 11) is 0. The van der Waals surface area contributed by atoms with Crippen molar-refractivity contribution >= 4 is 18.3 Å². The van der Waals surface area contributed by atoms with Crippen LogP contribution in [0.25, 0.3) is 0 Å². The van der Waals surface area contributed by atoms with E-state index in [0.29, 0.717) is 5.92 Å². The van der Waals surface area contributed by atoms with E-state index in [1.165, 1.54) is 12.8 Å². The highest BCUT2D eigenvalue weighted by Crippen LogP contribution is 2.21. The third-order valence-corrected chi connectivity index (χ3v) is 4.34. The van der Waals surface area contributed by atoms with Gasteiger partial charge < -0.3 is 10.6 Å². The molecule has 0 aromatic heterocycles. The highest BCUT2D eigenvalue weighted by molar-refractivity contribution is 5.85. The van der Waals surface area contributed by atoms with Gasteiger partial charge in [0, 0.05) is 6.04 Å². The van der Waals surface area contributed by atoms with Crippen molar-refractivity contribution in [3.8, 4) is 0 Å². The Labute approximate surface area is 134 Å². The maximum Gasteiger partial charge on any atom is 0.227 e. The number of carbonyl (C=O) groups excluding carboxylic acids is 1. The zero-order valence-electron chi connectivity index (χ0n) is 13.0. The molecule has 1 aliphatic rings. The first kappa shape index (κ1) is 18.0. The lowest BCUT2D eigenvalue weighted by Crippen LogP contribution is -2.45. The lowest BCUT2D eigenvalue weighted by atomic mass is 9.91. The van der Waals surface area contributed by atoms with Crippen LogP contribution < -0.4 is 10.6 Å². The molecule has 1 saturated heterocycles. The summed E-state index contributed by atoms with van der Waals surface area (Å²) in [5.41, 5.74) is 1.11. The van der Waals surface area contributed by atoms with Crippen molar-refractivity contribution in [3.05, 3.63) is 35.9 Å². The van der Waals surface area contributed by atoms with E-state index in [4.69, 9.17) is 0 Å². The van der Waals surface area contributed by atoms with Gasteiger partial charge in [0.2, 0.25) is 5.91 Å². The molecule has 3 atom stereocenters. The molecular formula is C17H27ClN2O. The molecule has 118 valence electrons. The van der Waals surface area contributed by atoms with Crippen molar-refractivity contribution in [3.63, 3.8) is 0 Å². The van der Waals surface area contributed by atoms with Crippen molar-refractivity contribution in [1.29, 1.82) is 0 Å². The molecule has 1 aromatic rings. The number of amides is 1. The standard InChI is InChI=1S/C17H26N2O.ClH/c1-3-16(14-8-5-4-6-9-14)17(20)19-13(2)15-10-7-11-18-12-15;/h4-6,8-9,13,15-16,18H,3,7,10-12H2,1-2H3,(H,19,20);1H. The smallest absolute Gasteiger partial charge is 0.227 e. The number of nitrogens with one attached hydrogen (secondary N) is 2. The molecule has 21 heavy (non-hydrogen) atoms. The fraction of sp³-hybridized carbons (Fsp3) is 0.588. The van der Waals surface area contributed by atoms with Gasteiger partial charge >= 0.3 is 0 Å².